The van der Waals surface area contributed by atoms with Gasteiger partial charge in [-0.15, -0.1) is 0 Å². The Morgan fingerprint density at radius 1 is 1.04 bits per heavy atom. The van der Waals surface area contributed by atoms with E-state index in [1.165, 1.54) is 28.7 Å². The van der Waals surface area contributed by atoms with Gasteiger partial charge in [0.2, 0.25) is 5.91 Å². The van der Waals surface area contributed by atoms with Crippen molar-refractivity contribution in [2.45, 2.75) is 45.4 Å². The Labute approximate surface area is 164 Å². The van der Waals surface area contributed by atoms with Crippen molar-refractivity contribution in [2.75, 3.05) is 11.4 Å². The highest BCUT2D eigenvalue weighted by molar-refractivity contribution is 5.96. The zero-order chi connectivity index (χ0) is 19.3. The van der Waals surface area contributed by atoms with E-state index < -0.39 is 0 Å². The Balaban J connectivity index is 1.37. The quantitative estimate of drug-likeness (QED) is 0.684. The van der Waals surface area contributed by atoms with E-state index in [0.29, 0.717) is 24.7 Å². The van der Waals surface area contributed by atoms with Gasteiger partial charge in [0.15, 0.2) is 5.82 Å². The number of carbonyl (C=O) groups is 1. The lowest BCUT2D eigenvalue weighted by molar-refractivity contribution is -0.117. The number of nitrogens with zero attached hydrogens (tertiary/aromatic N) is 3. The lowest BCUT2D eigenvalue weighted by Gasteiger charge is -2.17. The van der Waals surface area contributed by atoms with Gasteiger partial charge in [-0.25, -0.2) is 0 Å². The fraction of sp³-hybridized carbons (Fsp3) is 0.348. The first-order chi connectivity index (χ1) is 13.6. The lowest BCUT2D eigenvalue weighted by atomic mass is 10.1. The zero-order valence-electron chi connectivity index (χ0n) is 16.2. The highest BCUT2D eigenvalue weighted by Gasteiger charge is 2.35. The minimum absolute atomic E-state index is 0.0372. The van der Waals surface area contributed by atoms with E-state index in [1.807, 2.05) is 11.0 Å². The number of benzene rings is 2. The van der Waals surface area contributed by atoms with Crippen LogP contribution in [0.2, 0.25) is 0 Å². The molecular weight excluding hydrogens is 350 g/mol. The van der Waals surface area contributed by atoms with Crippen molar-refractivity contribution in [1.29, 1.82) is 0 Å². The van der Waals surface area contributed by atoms with Crippen LogP contribution in [0.4, 0.5) is 5.69 Å². The minimum atomic E-state index is -0.0372. The zero-order valence-corrected chi connectivity index (χ0v) is 16.2. The Kier molecular flexibility index (Phi) is 4.04. The van der Waals surface area contributed by atoms with Gasteiger partial charge in [-0.1, -0.05) is 17.3 Å². The maximum atomic E-state index is 12.7. The molecule has 1 aliphatic heterocycles. The van der Waals surface area contributed by atoms with Crippen LogP contribution in [0.3, 0.4) is 0 Å². The Hall–Kier alpha value is -2.95. The summed E-state index contributed by atoms with van der Waals surface area (Å²) in [5.74, 6) is 1.22. The molecule has 5 heteroatoms. The van der Waals surface area contributed by atoms with Gasteiger partial charge in [-0.05, 0) is 79.6 Å². The van der Waals surface area contributed by atoms with Crippen LogP contribution in [0.15, 0.2) is 40.9 Å². The number of rotatable bonds is 3. The van der Waals surface area contributed by atoms with Crippen molar-refractivity contribution in [3.8, 4) is 11.5 Å². The fourth-order valence-electron chi connectivity index (χ4n) is 4.25. The van der Waals surface area contributed by atoms with E-state index in [0.717, 1.165) is 24.1 Å². The molecule has 1 unspecified atom stereocenters. The van der Waals surface area contributed by atoms with E-state index in [9.17, 15) is 4.79 Å². The summed E-state index contributed by atoms with van der Waals surface area (Å²) >= 11 is 0. The number of fused-ring (bicyclic) bond motifs is 1. The fourth-order valence-corrected chi connectivity index (χ4v) is 4.25. The summed E-state index contributed by atoms with van der Waals surface area (Å²) in [5.41, 5.74) is 7.13. The van der Waals surface area contributed by atoms with Crippen LogP contribution in [0.5, 0.6) is 0 Å². The standard InChI is InChI=1S/C23H23N3O2/c1-14-6-7-18(10-15(14)2)23-24-22(25-28-23)19-12-21(27)26(13-19)20-9-8-16-4-3-5-17(16)11-20/h6-11,19H,3-5,12-13H2,1-2H3. The molecule has 0 spiro atoms. The number of aromatic nitrogens is 2. The van der Waals surface area contributed by atoms with Crippen LogP contribution in [-0.2, 0) is 17.6 Å². The van der Waals surface area contributed by atoms with Gasteiger partial charge in [0, 0.05) is 30.1 Å². The summed E-state index contributed by atoms with van der Waals surface area (Å²) in [7, 11) is 0. The largest absolute Gasteiger partial charge is 0.334 e. The first-order valence-corrected chi connectivity index (χ1v) is 9.92. The van der Waals surface area contributed by atoms with Gasteiger partial charge in [-0.2, -0.15) is 4.98 Å². The Morgan fingerprint density at radius 3 is 2.75 bits per heavy atom. The number of aryl methyl sites for hydroxylation is 4. The molecule has 5 rings (SSSR count). The van der Waals surface area contributed by atoms with Gasteiger partial charge in [0.1, 0.15) is 0 Å². The summed E-state index contributed by atoms with van der Waals surface area (Å²) < 4.78 is 5.50. The molecule has 142 valence electrons. The molecule has 0 N–H and O–H groups in total. The molecule has 3 aromatic rings. The molecule has 5 nitrogen and oxygen atoms in total. The highest BCUT2D eigenvalue weighted by Crippen LogP contribution is 2.34. The summed E-state index contributed by atoms with van der Waals surface area (Å²) in [6, 6.07) is 12.5. The van der Waals surface area contributed by atoms with Crippen LogP contribution in [0.25, 0.3) is 11.5 Å². The molecule has 1 atom stereocenters. The molecule has 1 amide bonds. The normalized spacial score (nSPS) is 18.7. The van der Waals surface area contributed by atoms with E-state index in [-0.39, 0.29) is 11.8 Å². The molecule has 1 saturated heterocycles. The predicted octanol–water partition coefficient (Wildman–Crippen LogP) is 4.36. The first-order valence-electron chi connectivity index (χ1n) is 9.92. The second-order valence-corrected chi connectivity index (χ2v) is 7.97. The summed E-state index contributed by atoms with van der Waals surface area (Å²) in [6.45, 7) is 4.75. The van der Waals surface area contributed by atoms with E-state index in [2.05, 4.69) is 54.3 Å². The summed E-state index contributed by atoms with van der Waals surface area (Å²) in [5, 5.41) is 4.18. The van der Waals surface area contributed by atoms with Gasteiger partial charge in [0.25, 0.3) is 5.89 Å². The van der Waals surface area contributed by atoms with Crippen molar-refractivity contribution in [3.05, 3.63) is 64.5 Å². The SMILES string of the molecule is Cc1ccc(-c2nc(C3CC(=O)N(c4ccc5c(c4)CCC5)C3)no2)cc1C. The number of hydrogen-bond acceptors (Lipinski definition) is 4. The molecule has 0 radical (unpaired) electrons. The second kappa shape index (κ2) is 6.59. The molecule has 1 aromatic heterocycles. The molecule has 2 aliphatic rings. The van der Waals surface area contributed by atoms with E-state index >= 15 is 0 Å². The van der Waals surface area contributed by atoms with Gasteiger partial charge >= 0.3 is 0 Å². The molecule has 2 heterocycles. The molecular formula is C23H23N3O2. The van der Waals surface area contributed by atoms with Crippen LogP contribution in [-0.4, -0.2) is 22.6 Å². The van der Waals surface area contributed by atoms with Crippen LogP contribution in [0.1, 0.15) is 46.8 Å². The third-order valence-corrected chi connectivity index (χ3v) is 6.08. The van der Waals surface area contributed by atoms with Gasteiger partial charge in [-0.3, -0.25) is 4.79 Å². The predicted molar refractivity (Wildman–Crippen MR) is 107 cm³/mol. The number of carbonyl (C=O) groups excluding carboxylic acids is 1. The lowest BCUT2D eigenvalue weighted by Crippen LogP contribution is -2.24. The third kappa shape index (κ3) is 2.91. The van der Waals surface area contributed by atoms with E-state index in [4.69, 9.17) is 4.52 Å². The monoisotopic (exact) mass is 373 g/mol. The van der Waals surface area contributed by atoms with Crippen LogP contribution < -0.4 is 4.90 Å². The van der Waals surface area contributed by atoms with Crippen LogP contribution >= 0.6 is 0 Å². The first kappa shape index (κ1) is 17.2. The topological polar surface area (TPSA) is 59.2 Å². The average molecular weight is 373 g/mol. The summed E-state index contributed by atoms with van der Waals surface area (Å²) in [6.07, 6.45) is 3.89. The number of amides is 1. The van der Waals surface area contributed by atoms with Crippen molar-refractivity contribution >= 4 is 11.6 Å². The highest BCUT2D eigenvalue weighted by atomic mass is 16.5. The maximum absolute atomic E-state index is 12.7. The number of hydrogen-bond donors (Lipinski definition) is 0. The smallest absolute Gasteiger partial charge is 0.257 e. The third-order valence-electron chi connectivity index (χ3n) is 6.08. The maximum Gasteiger partial charge on any atom is 0.257 e. The Bertz CT molecular complexity index is 1070. The minimum Gasteiger partial charge on any atom is -0.334 e. The van der Waals surface area contributed by atoms with Crippen LogP contribution in [0, 0.1) is 13.8 Å². The number of anilines is 1. The molecule has 0 saturated carbocycles. The summed E-state index contributed by atoms with van der Waals surface area (Å²) in [4.78, 5) is 19.1. The second-order valence-electron chi connectivity index (χ2n) is 7.97. The molecule has 0 bridgehead atoms. The molecule has 1 aliphatic carbocycles. The van der Waals surface area contributed by atoms with Crippen molar-refractivity contribution < 1.29 is 9.32 Å². The molecule has 28 heavy (non-hydrogen) atoms. The van der Waals surface area contributed by atoms with Crippen molar-refractivity contribution in [3.63, 3.8) is 0 Å². The average Bonchev–Trinajstić information content (AvgIpc) is 3.42. The molecule has 2 aromatic carbocycles. The van der Waals surface area contributed by atoms with E-state index in [1.54, 1.807) is 0 Å². The van der Waals surface area contributed by atoms with Crippen molar-refractivity contribution in [1.82, 2.24) is 10.1 Å². The Morgan fingerprint density at radius 2 is 1.89 bits per heavy atom. The van der Waals surface area contributed by atoms with Gasteiger partial charge in [0.05, 0.1) is 0 Å². The molecule has 1 fully saturated rings. The van der Waals surface area contributed by atoms with Crippen molar-refractivity contribution in [2.24, 2.45) is 0 Å². The van der Waals surface area contributed by atoms with Gasteiger partial charge < -0.3 is 9.42 Å².